The number of benzene rings is 1. The van der Waals surface area contributed by atoms with Gasteiger partial charge in [-0.05, 0) is 43.5 Å². The molecule has 25 heavy (non-hydrogen) atoms. The van der Waals surface area contributed by atoms with Gasteiger partial charge in [-0.3, -0.25) is 14.6 Å². The van der Waals surface area contributed by atoms with Crippen LogP contribution in [0.3, 0.4) is 0 Å². The highest BCUT2D eigenvalue weighted by molar-refractivity contribution is 5.81. The first-order valence-corrected chi connectivity index (χ1v) is 9.02. The molecule has 2 saturated heterocycles. The summed E-state index contributed by atoms with van der Waals surface area (Å²) in [4.78, 5) is 19.0. The fourth-order valence-electron chi connectivity index (χ4n) is 3.71. The van der Waals surface area contributed by atoms with Gasteiger partial charge in [0.1, 0.15) is 5.82 Å². The van der Waals surface area contributed by atoms with E-state index in [0.29, 0.717) is 12.1 Å². The van der Waals surface area contributed by atoms with Crippen molar-refractivity contribution in [2.24, 2.45) is 0 Å². The second-order valence-electron chi connectivity index (χ2n) is 6.93. The summed E-state index contributed by atoms with van der Waals surface area (Å²) in [5, 5.41) is 9.18. The Hall–Kier alpha value is -1.97. The predicted molar refractivity (Wildman–Crippen MR) is 93.2 cm³/mol. The lowest BCUT2D eigenvalue weighted by molar-refractivity contribution is -0.136. The average Bonchev–Trinajstić information content (AvgIpc) is 3.16. The molecule has 3 rings (SSSR count). The normalized spacial score (nSPS) is 20.4. The van der Waals surface area contributed by atoms with E-state index in [4.69, 9.17) is 0 Å². The first-order chi connectivity index (χ1) is 12.1. The Balaban J connectivity index is 1.54. The lowest BCUT2D eigenvalue weighted by Gasteiger charge is -2.38. The molecule has 0 N–H and O–H groups in total. The summed E-state index contributed by atoms with van der Waals surface area (Å²) in [5.41, 5.74) is 1.26. The van der Waals surface area contributed by atoms with E-state index in [-0.39, 0.29) is 17.8 Å². The number of hydrogen-bond donors (Lipinski definition) is 0. The highest BCUT2D eigenvalue weighted by Crippen LogP contribution is 2.17. The third-order valence-corrected chi connectivity index (χ3v) is 5.31. The molecule has 0 aliphatic carbocycles. The highest BCUT2D eigenvalue weighted by Gasteiger charge is 2.29. The van der Waals surface area contributed by atoms with Crippen LogP contribution in [0.15, 0.2) is 18.2 Å². The number of carbonyl (C=O) groups is 1. The molecule has 0 radical (unpaired) electrons. The summed E-state index contributed by atoms with van der Waals surface area (Å²) in [7, 11) is 0. The Kier molecular flexibility index (Phi) is 5.67. The highest BCUT2D eigenvalue weighted by atomic mass is 19.1. The summed E-state index contributed by atoms with van der Waals surface area (Å²) >= 11 is 0. The van der Waals surface area contributed by atoms with Crippen molar-refractivity contribution in [3.63, 3.8) is 0 Å². The Morgan fingerprint density at radius 3 is 2.52 bits per heavy atom. The molecule has 2 aliphatic heterocycles. The summed E-state index contributed by atoms with van der Waals surface area (Å²) in [6.07, 6.45) is 2.22. The summed E-state index contributed by atoms with van der Waals surface area (Å²) in [5.74, 6) is -0.0692. The maximum Gasteiger partial charge on any atom is 0.239 e. The molecule has 0 unspecified atom stereocenters. The molecule has 1 amide bonds. The predicted octanol–water partition coefficient (Wildman–Crippen LogP) is 1.83. The van der Waals surface area contributed by atoms with Crippen LogP contribution in [-0.4, -0.2) is 65.9 Å². The van der Waals surface area contributed by atoms with Gasteiger partial charge in [0.05, 0.1) is 17.7 Å². The molecular formula is C19H25FN4O. The van der Waals surface area contributed by atoms with E-state index in [1.54, 1.807) is 0 Å². The zero-order valence-electron chi connectivity index (χ0n) is 14.7. The van der Waals surface area contributed by atoms with Gasteiger partial charge in [-0.15, -0.1) is 0 Å². The molecule has 0 aromatic heterocycles. The molecular weight excluding hydrogens is 319 g/mol. The van der Waals surface area contributed by atoms with Gasteiger partial charge in [-0.2, -0.15) is 5.26 Å². The Morgan fingerprint density at radius 2 is 1.88 bits per heavy atom. The van der Waals surface area contributed by atoms with Gasteiger partial charge in [0.15, 0.2) is 0 Å². The van der Waals surface area contributed by atoms with Crippen LogP contribution in [-0.2, 0) is 11.3 Å². The van der Waals surface area contributed by atoms with Crippen molar-refractivity contribution in [2.45, 2.75) is 32.4 Å². The monoisotopic (exact) mass is 344 g/mol. The lowest BCUT2D eigenvalue weighted by Crippen LogP contribution is -2.54. The van der Waals surface area contributed by atoms with Crippen LogP contribution < -0.4 is 0 Å². The number of amides is 1. The van der Waals surface area contributed by atoms with Crippen LogP contribution >= 0.6 is 0 Å². The number of piperazine rings is 1. The quantitative estimate of drug-likeness (QED) is 0.836. The molecule has 5 nitrogen and oxygen atoms in total. The van der Waals surface area contributed by atoms with Gasteiger partial charge in [-0.1, -0.05) is 0 Å². The van der Waals surface area contributed by atoms with Crippen molar-refractivity contribution >= 4 is 5.91 Å². The smallest absolute Gasteiger partial charge is 0.239 e. The zero-order valence-corrected chi connectivity index (χ0v) is 14.7. The number of nitriles is 1. The van der Waals surface area contributed by atoms with Crippen molar-refractivity contribution in [3.05, 3.63) is 35.1 Å². The van der Waals surface area contributed by atoms with E-state index in [1.165, 1.54) is 18.2 Å². The van der Waals surface area contributed by atoms with Gasteiger partial charge in [0, 0.05) is 45.8 Å². The molecule has 2 heterocycles. The molecule has 0 bridgehead atoms. The van der Waals surface area contributed by atoms with E-state index >= 15 is 0 Å². The van der Waals surface area contributed by atoms with E-state index < -0.39 is 0 Å². The van der Waals surface area contributed by atoms with Gasteiger partial charge >= 0.3 is 0 Å². The lowest BCUT2D eigenvalue weighted by atomic mass is 10.1. The van der Waals surface area contributed by atoms with Crippen LogP contribution in [0.5, 0.6) is 0 Å². The van der Waals surface area contributed by atoms with Gasteiger partial charge in [0.25, 0.3) is 0 Å². The fraction of sp³-hybridized carbons (Fsp3) is 0.579. The minimum absolute atomic E-state index is 0.0795. The van der Waals surface area contributed by atoms with E-state index in [2.05, 4.69) is 15.9 Å². The average molecular weight is 344 g/mol. The topological polar surface area (TPSA) is 50.6 Å². The summed E-state index contributed by atoms with van der Waals surface area (Å²) in [6.45, 7) is 7.62. The minimum Gasteiger partial charge on any atom is -0.341 e. The van der Waals surface area contributed by atoms with Crippen LogP contribution in [0.4, 0.5) is 4.39 Å². The summed E-state index contributed by atoms with van der Waals surface area (Å²) in [6, 6.07) is 6.37. The van der Waals surface area contributed by atoms with E-state index in [9.17, 15) is 14.4 Å². The standard InChI is InChI=1S/C19H25FN4O/c1-15(19(25)24-6-2-3-7-24)23-10-8-22(9-11-23)14-17-12-18(20)5-4-16(17)13-21/h4-5,12,15H,2-3,6-11,14H2,1H3/t15-/m1/s1. The third-order valence-electron chi connectivity index (χ3n) is 5.31. The number of halogens is 1. The van der Waals surface area contributed by atoms with Gasteiger partial charge < -0.3 is 4.90 Å². The van der Waals surface area contributed by atoms with Gasteiger partial charge in [0.2, 0.25) is 5.91 Å². The second-order valence-corrected chi connectivity index (χ2v) is 6.93. The van der Waals surface area contributed by atoms with Crippen LogP contribution in [0.1, 0.15) is 30.9 Å². The largest absolute Gasteiger partial charge is 0.341 e. The molecule has 2 fully saturated rings. The number of rotatable bonds is 4. The maximum atomic E-state index is 13.5. The molecule has 2 aliphatic rings. The maximum absolute atomic E-state index is 13.5. The SMILES string of the molecule is C[C@H](C(=O)N1CCCC1)N1CCN(Cc2cc(F)ccc2C#N)CC1. The van der Waals surface area contributed by atoms with E-state index in [0.717, 1.165) is 57.7 Å². The Morgan fingerprint density at radius 1 is 1.20 bits per heavy atom. The fourth-order valence-corrected chi connectivity index (χ4v) is 3.71. The Labute approximate surface area is 148 Å². The third kappa shape index (κ3) is 4.17. The Bertz CT molecular complexity index is 658. The molecule has 1 atom stereocenters. The number of likely N-dealkylation sites (tertiary alicyclic amines) is 1. The van der Waals surface area contributed by atoms with E-state index in [1.807, 2.05) is 11.8 Å². The van der Waals surface area contributed by atoms with Crippen LogP contribution in [0.25, 0.3) is 0 Å². The number of carbonyl (C=O) groups excluding carboxylic acids is 1. The molecule has 6 heteroatoms. The van der Waals surface area contributed by atoms with Crippen molar-refractivity contribution in [3.8, 4) is 6.07 Å². The first-order valence-electron chi connectivity index (χ1n) is 9.02. The number of nitrogens with zero attached hydrogens (tertiary/aromatic N) is 4. The van der Waals surface area contributed by atoms with Crippen molar-refractivity contribution in [2.75, 3.05) is 39.3 Å². The molecule has 0 spiro atoms. The van der Waals surface area contributed by atoms with Crippen molar-refractivity contribution in [1.82, 2.24) is 14.7 Å². The number of hydrogen-bond acceptors (Lipinski definition) is 4. The van der Waals surface area contributed by atoms with Crippen molar-refractivity contribution < 1.29 is 9.18 Å². The zero-order chi connectivity index (χ0) is 17.8. The van der Waals surface area contributed by atoms with Crippen LogP contribution in [0.2, 0.25) is 0 Å². The molecule has 1 aromatic rings. The first kappa shape index (κ1) is 17.8. The van der Waals surface area contributed by atoms with Gasteiger partial charge in [-0.25, -0.2) is 4.39 Å². The van der Waals surface area contributed by atoms with Crippen molar-refractivity contribution in [1.29, 1.82) is 5.26 Å². The summed E-state index contributed by atoms with van der Waals surface area (Å²) < 4.78 is 13.5. The molecule has 1 aromatic carbocycles. The minimum atomic E-state index is -0.308. The molecule has 134 valence electrons. The second kappa shape index (κ2) is 7.94. The molecule has 0 saturated carbocycles. The van der Waals surface area contributed by atoms with Crippen LogP contribution in [0, 0.1) is 17.1 Å².